The van der Waals surface area contributed by atoms with Gasteiger partial charge >= 0.3 is 0 Å². The molecule has 284 valence electrons. The number of rotatable bonds is 14. The van der Waals surface area contributed by atoms with Crippen LogP contribution in [0, 0.1) is 0 Å². The van der Waals surface area contributed by atoms with Crippen molar-refractivity contribution in [3.8, 4) is 0 Å². The summed E-state index contributed by atoms with van der Waals surface area (Å²) in [6.45, 7) is -1.78. The van der Waals surface area contributed by atoms with Crippen LogP contribution in [0.15, 0.2) is 46.3 Å². The molecule has 0 radical (unpaired) electrons. The van der Waals surface area contributed by atoms with E-state index < -0.39 is 125 Å². The van der Waals surface area contributed by atoms with Crippen molar-refractivity contribution < 1.29 is 89.0 Å². The van der Waals surface area contributed by atoms with Gasteiger partial charge in [-0.2, -0.15) is 0 Å². The molecule has 0 aromatic carbocycles. The smallest absolute Gasteiger partial charge is 0.187 e. The molecular weight excluding hydrogens is 712 g/mol. The van der Waals surface area contributed by atoms with Crippen LogP contribution in [0.25, 0.3) is 0 Å². The minimum atomic E-state index is -1.61. The number of aliphatic hydroxyl groups is 10. The quantitative estimate of drug-likeness (QED) is 0.0599. The fourth-order valence-corrected chi connectivity index (χ4v) is 7.44. The molecule has 0 amide bonds. The van der Waals surface area contributed by atoms with Gasteiger partial charge in [0.05, 0.1) is 39.6 Å². The van der Waals surface area contributed by atoms with Crippen LogP contribution in [0.2, 0.25) is 0 Å². The van der Waals surface area contributed by atoms with Gasteiger partial charge in [0.1, 0.15) is 73.2 Å². The normalized spacial score (nSPS) is 43.8. The number of ether oxygens (including phenoxy) is 8. The maximum Gasteiger partial charge on any atom is 0.187 e. The van der Waals surface area contributed by atoms with E-state index in [1.54, 1.807) is 24.3 Å². The van der Waals surface area contributed by atoms with Gasteiger partial charge in [0.25, 0.3) is 0 Å². The molecule has 50 heavy (non-hydrogen) atoms. The highest BCUT2D eigenvalue weighted by Gasteiger charge is 2.47. The number of allylic oxidation sites excluding steroid dienone is 2. The van der Waals surface area contributed by atoms with Crippen molar-refractivity contribution in [1.82, 2.24) is 0 Å². The van der Waals surface area contributed by atoms with Gasteiger partial charge in [-0.05, 0) is 24.3 Å². The Kier molecular flexibility index (Phi) is 15.1. The lowest BCUT2D eigenvalue weighted by Gasteiger charge is -2.42. The first kappa shape index (κ1) is 40.1. The molecular formula is C30H44O18S2. The van der Waals surface area contributed by atoms with E-state index >= 15 is 0 Å². The Balaban J connectivity index is 1.06. The molecule has 2 fully saturated rings. The average molecular weight is 757 g/mol. The van der Waals surface area contributed by atoms with Crippen LogP contribution in [0.5, 0.6) is 0 Å². The first-order chi connectivity index (χ1) is 24.1. The Morgan fingerprint density at radius 2 is 0.860 bits per heavy atom. The van der Waals surface area contributed by atoms with Gasteiger partial charge in [0.15, 0.2) is 25.2 Å². The summed E-state index contributed by atoms with van der Waals surface area (Å²) in [5.41, 5.74) is 0. The minimum absolute atomic E-state index is 0.177. The molecule has 5 aliphatic heterocycles. The van der Waals surface area contributed by atoms with Crippen molar-refractivity contribution in [1.29, 1.82) is 0 Å². The number of hydrogen-bond donors (Lipinski definition) is 10. The van der Waals surface area contributed by atoms with Crippen molar-refractivity contribution in [2.24, 2.45) is 0 Å². The predicted octanol–water partition coefficient (Wildman–Crippen LogP) is -3.90. The van der Waals surface area contributed by atoms with Crippen molar-refractivity contribution in [3.05, 3.63) is 46.3 Å². The fourth-order valence-electron chi connectivity index (χ4n) is 5.48. The molecule has 0 bridgehead atoms. The van der Waals surface area contributed by atoms with E-state index in [1.807, 2.05) is 12.2 Å². The number of aliphatic hydroxyl groups excluding tert-OH is 10. The lowest BCUT2D eigenvalue weighted by molar-refractivity contribution is -0.319. The standard InChI is InChI=1S/C30H44O18S2/c31-7-17-15(45-29-27(39)25(37)23(35)19(9-33)47-29)3-5-21(43-17)41-11-13-1-2-14(50-49-13)12-42-22-6-4-16(18(8-32)44-22)46-30-28(40)26(38)24(36)20(10-34)48-30/h1-6,15-40H,7-12H2/t15-,16-,17+,18+,19+,20+,21-,22-,23-,24-,25-,26-,27+,28+,29+,30+/m0/s1. The second-order valence-corrected chi connectivity index (χ2v) is 14.3. The van der Waals surface area contributed by atoms with Crippen LogP contribution < -0.4 is 0 Å². The Labute approximate surface area is 294 Å². The first-order valence-corrected chi connectivity index (χ1v) is 18.0. The van der Waals surface area contributed by atoms with Crippen molar-refractivity contribution in [2.75, 3.05) is 39.6 Å². The molecule has 10 N–H and O–H groups in total. The van der Waals surface area contributed by atoms with E-state index in [0.717, 1.165) is 9.81 Å². The maximum atomic E-state index is 10.3. The molecule has 5 heterocycles. The van der Waals surface area contributed by atoms with Gasteiger partial charge in [-0.1, -0.05) is 33.7 Å². The third-order valence-electron chi connectivity index (χ3n) is 8.40. The molecule has 20 heteroatoms. The minimum Gasteiger partial charge on any atom is -0.394 e. The molecule has 16 atom stereocenters. The molecule has 5 aliphatic rings. The molecule has 0 aromatic rings. The van der Waals surface area contributed by atoms with Crippen LogP contribution in [-0.2, 0) is 37.9 Å². The topological polar surface area (TPSA) is 276 Å². The van der Waals surface area contributed by atoms with Gasteiger partial charge in [-0.15, -0.1) is 0 Å². The molecule has 18 nitrogen and oxygen atoms in total. The van der Waals surface area contributed by atoms with E-state index in [9.17, 15) is 51.1 Å². The van der Waals surface area contributed by atoms with Crippen molar-refractivity contribution in [2.45, 2.75) is 98.4 Å². The molecule has 0 aromatic heterocycles. The Morgan fingerprint density at radius 3 is 1.20 bits per heavy atom. The van der Waals surface area contributed by atoms with E-state index in [4.69, 9.17) is 37.9 Å². The third kappa shape index (κ3) is 9.72. The summed E-state index contributed by atoms with van der Waals surface area (Å²) in [6, 6.07) is 0. The average Bonchev–Trinajstić information content (AvgIpc) is 3.14. The second kappa shape index (κ2) is 18.8. The molecule has 0 unspecified atom stereocenters. The molecule has 5 rings (SSSR count). The highest BCUT2D eigenvalue weighted by atomic mass is 33.1. The Bertz CT molecular complexity index is 1110. The monoisotopic (exact) mass is 756 g/mol. The lowest BCUT2D eigenvalue weighted by Crippen LogP contribution is -2.60. The van der Waals surface area contributed by atoms with Crippen LogP contribution in [0.1, 0.15) is 0 Å². The predicted molar refractivity (Wildman–Crippen MR) is 170 cm³/mol. The summed E-state index contributed by atoms with van der Waals surface area (Å²) in [4.78, 5) is 1.72. The summed E-state index contributed by atoms with van der Waals surface area (Å²) >= 11 is 0. The van der Waals surface area contributed by atoms with Crippen molar-refractivity contribution in [3.63, 3.8) is 0 Å². The van der Waals surface area contributed by atoms with Gasteiger partial charge in [-0.3, -0.25) is 0 Å². The van der Waals surface area contributed by atoms with E-state index in [2.05, 4.69) is 0 Å². The Hall–Kier alpha value is -1.06. The number of hydrogen-bond acceptors (Lipinski definition) is 20. The zero-order valence-corrected chi connectivity index (χ0v) is 28.1. The zero-order chi connectivity index (χ0) is 35.9. The van der Waals surface area contributed by atoms with Crippen LogP contribution in [0.4, 0.5) is 0 Å². The highest BCUT2D eigenvalue weighted by Crippen LogP contribution is 2.40. The lowest BCUT2D eigenvalue weighted by atomic mass is 9.99. The molecule has 0 aliphatic carbocycles. The second-order valence-electron chi connectivity index (χ2n) is 11.9. The Morgan fingerprint density at radius 1 is 0.480 bits per heavy atom. The van der Waals surface area contributed by atoms with E-state index in [-0.39, 0.29) is 13.2 Å². The van der Waals surface area contributed by atoms with Gasteiger partial charge in [0, 0.05) is 9.81 Å². The van der Waals surface area contributed by atoms with E-state index in [1.165, 1.54) is 21.6 Å². The molecule has 2 saturated heterocycles. The van der Waals surface area contributed by atoms with Gasteiger partial charge in [0.2, 0.25) is 0 Å². The van der Waals surface area contributed by atoms with Gasteiger partial charge < -0.3 is 89.0 Å². The largest absolute Gasteiger partial charge is 0.394 e. The molecule has 0 spiro atoms. The zero-order valence-electron chi connectivity index (χ0n) is 26.5. The summed E-state index contributed by atoms with van der Waals surface area (Å²) in [7, 11) is 2.87. The third-order valence-corrected chi connectivity index (χ3v) is 11.0. The SMILES string of the molecule is OC[C@H]1O[C@@H](O[C@H]2C=C[C@@H](OCC3=CC=C(CO[C@@H]4C=C[C@H](O[C@@H]5O[C@H](CO)[C@H](O)[C@H](O)[C@H]5O)[C@@H](CO)O4)SS3)O[C@@H]2CO)[C@H](O)[C@@H](O)[C@H]1O. The van der Waals surface area contributed by atoms with Crippen LogP contribution in [0.3, 0.4) is 0 Å². The summed E-state index contributed by atoms with van der Waals surface area (Å²) in [5, 5.41) is 99.0. The highest BCUT2D eigenvalue weighted by molar-refractivity contribution is 8.79. The van der Waals surface area contributed by atoms with Crippen LogP contribution in [-0.4, -0.2) is 189 Å². The maximum absolute atomic E-state index is 10.3. The first-order valence-electron chi connectivity index (χ1n) is 15.9. The summed E-state index contributed by atoms with van der Waals surface area (Å²) < 4.78 is 45.4. The molecule has 0 saturated carbocycles. The van der Waals surface area contributed by atoms with Crippen LogP contribution >= 0.6 is 21.6 Å². The fraction of sp³-hybridized carbons (Fsp3) is 0.733. The summed E-state index contributed by atoms with van der Waals surface area (Å²) in [5.74, 6) is 0. The van der Waals surface area contributed by atoms with Crippen molar-refractivity contribution >= 4 is 21.6 Å². The van der Waals surface area contributed by atoms with Gasteiger partial charge in [-0.25, -0.2) is 0 Å². The summed E-state index contributed by atoms with van der Waals surface area (Å²) in [6.07, 6.45) is -9.84. The van der Waals surface area contributed by atoms with E-state index in [0.29, 0.717) is 0 Å².